The van der Waals surface area contributed by atoms with Gasteiger partial charge in [-0.3, -0.25) is 15.1 Å². The third kappa shape index (κ3) is 3.53. The van der Waals surface area contributed by atoms with Crippen LogP contribution < -0.4 is 16.0 Å². The van der Waals surface area contributed by atoms with E-state index >= 15 is 0 Å². The Morgan fingerprint density at radius 2 is 2.11 bits per heavy atom. The highest BCUT2D eigenvalue weighted by Crippen LogP contribution is 2.11. The number of piperidine rings is 1. The van der Waals surface area contributed by atoms with Crippen molar-refractivity contribution in [3.63, 3.8) is 0 Å². The summed E-state index contributed by atoms with van der Waals surface area (Å²) < 4.78 is 0. The summed E-state index contributed by atoms with van der Waals surface area (Å²) in [6, 6.07) is 2.91. The Morgan fingerprint density at radius 3 is 2.78 bits per heavy atom. The summed E-state index contributed by atoms with van der Waals surface area (Å²) in [6.07, 6.45) is 4.68. The lowest BCUT2D eigenvalue weighted by Gasteiger charge is -2.21. The van der Waals surface area contributed by atoms with Crippen LogP contribution in [0.15, 0.2) is 24.5 Å². The number of nitrogens with one attached hydrogen (secondary N) is 3. The fourth-order valence-electron chi connectivity index (χ4n) is 1.90. The number of urea groups is 1. The van der Waals surface area contributed by atoms with Crippen LogP contribution in [0.25, 0.3) is 0 Å². The van der Waals surface area contributed by atoms with Gasteiger partial charge in [0.25, 0.3) is 0 Å². The third-order valence-corrected chi connectivity index (χ3v) is 2.87. The second-order valence-corrected chi connectivity index (χ2v) is 4.21. The van der Waals surface area contributed by atoms with E-state index in [1.165, 1.54) is 6.20 Å². The Kier molecular flexibility index (Phi) is 4.25. The Hall–Kier alpha value is -1.95. The first-order chi connectivity index (χ1) is 8.75. The summed E-state index contributed by atoms with van der Waals surface area (Å²) in [5.74, 6) is -0.288. The van der Waals surface area contributed by atoms with Gasteiger partial charge in [-0.25, -0.2) is 4.79 Å². The van der Waals surface area contributed by atoms with Gasteiger partial charge in [0.1, 0.15) is 0 Å². The molecule has 0 saturated carbocycles. The standard InChI is InChI=1S/C12H16N4O2/c17-11(9-3-6-13-7-4-9)16-12(18)15-10-2-1-5-14-8-10/h1-2,5,8-9,13H,3-4,6-7H2,(H2,15,16,17,18). The summed E-state index contributed by atoms with van der Waals surface area (Å²) in [4.78, 5) is 27.2. The molecule has 6 heteroatoms. The van der Waals surface area contributed by atoms with E-state index in [0.29, 0.717) is 5.69 Å². The van der Waals surface area contributed by atoms with Crippen molar-refractivity contribution in [2.24, 2.45) is 5.92 Å². The molecule has 1 aromatic heterocycles. The Bertz CT molecular complexity index is 415. The minimum atomic E-state index is -0.508. The van der Waals surface area contributed by atoms with Gasteiger partial charge in [0.2, 0.25) is 5.91 Å². The predicted molar refractivity (Wildman–Crippen MR) is 67.0 cm³/mol. The first kappa shape index (κ1) is 12.5. The normalized spacial score (nSPS) is 16.0. The SMILES string of the molecule is O=C(NC(=O)C1CCNCC1)Nc1cccnc1. The summed E-state index contributed by atoms with van der Waals surface area (Å²) in [5.41, 5.74) is 0.563. The maximum atomic E-state index is 11.8. The van der Waals surface area contributed by atoms with Gasteiger partial charge in [-0.05, 0) is 38.1 Å². The van der Waals surface area contributed by atoms with Gasteiger partial charge < -0.3 is 10.6 Å². The highest BCUT2D eigenvalue weighted by Gasteiger charge is 2.22. The lowest BCUT2D eigenvalue weighted by atomic mass is 9.97. The zero-order valence-electron chi connectivity index (χ0n) is 9.98. The number of rotatable bonds is 2. The van der Waals surface area contributed by atoms with E-state index in [1.54, 1.807) is 18.3 Å². The van der Waals surface area contributed by atoms with Crippen LogP contribution in [0, 0.1) is 5.92 Å². The average Bonchev–Trinajstić information content (AvgIpc) is 2.40. The molecule has 0 radical (unpaired) electrons. The van der Waals surface area contributed by atoms with Crippen molar-refractivity contribution in [1.29, 1.82) is 0 Å². The number of nitrogens with zero attached hydrogens (tertiary/aromatic N) is 1. The van der Waals surface area contributed by atoms with Gasteiger partial charge in [-0.2, -0.15) is 0 Å². The molecule has 0 unspecified atom stereocenters. The minimum Gasteiger partial charge on any atom is -0.317 e. The van der Waals surface area contributed by atoms with E-state index in [9.17, 15) is 9.59 Å². The molecular formula is C12H16N4O2. The molecule has 1 aromatic rings. The van der Waals surface area contributed by atoms with Crippen molar-refractivity contribution in [3.8, 4) is 0 Å². The van der Waals surface area contributed by atoms with Gasteiger partial charge in [-0.15, -0.1) is 0 Å². The molecule has 18 heavy (non-hydrogen) atoms. The number of amides is 3. The number of carbonyl (C=O) groups excluding carboxylic acids is 2. The van der Waals surface area contributed by atoms with Crippen molar-refractivity contribution in [1.82, 2.24) is 15.6 Å². The summed E-state index contributed by atoms with van der Waals surface area (Å²) in [5, 5.41) is 8.09. The zero-order valence-corrected chi connectivity index (χ0v) is 9.98. The van der Waals surface area contributed by atoms with Crippen molar-refractivity contribution in [3.05, 3.63) is 24.5 Å². The van der Waals surface area contributed by atoms with Crippen molar-refractivity contribution >= 4 is 17.6 Å². The van der Waals surface area contributed by atoms with Crippen LogP contribution in [0.3, 0.4) is 0 Å². The molecule has 3 N–H and O–H groups in total. The molecule has 0 atom stereocenters. The second-order valence-electron chi connectivity index (χ2n) is 4.21. The first-order valence-electron chi connectivity index (χ1n) is 5.98. The Labute approximate surface area is 105 Å². The monoisotopic (exact) mass is 248 g/mol. The molecule has 1 fully saturated rings. The van der Waals surface area contributed by atoms with Crippen molar-refractivity contribution < 1.29 is 9.59 Å². The largest absolute Gasteiger partial charge is 0.325 e. The molecule has 1 aliphatic rings. The molecule has 1 saturated heterocycles. The number of imide groups is 1. The fraction of sp³-hybridized carbons (Fsp3) is 0.417. The van der Waals surface area contributed by atoms with Crippen LogP contribution >= 0.6 is 0 Å². The predicted octanol–water partition coefficient (Wildman–Crippen LogP) is 0.729. The fourth-order valence-corrected chi connectivity index (χ4v) is 1.90. The molecule has 2 rings (SSSR count). The van der Waals surface area contributed by atoms with Crippen LogP contribution in [-0.2, 0) is 4.79 Å². The number of anilines is 1. The van der Waals surface area contributed by atoms with E-state index in [-0.39, 0.29) is 11.8 Å². The number of pyridine rings is 1. The van der Waals surface area contributed by atoms with E-state index in [0.717, 1.165) is 25.9 Å². The van der Waals surface area contributed by atoms with E-state index in [1.807, 2.05) is 0 Å². The van der Waals surface area contributed by atoms with E-state index in [2.05, 4.69) is 20.9 Å². The van der Waals surface area contributed by atoms with Gasteiger partial charge >= 0.3 is 6.03 Å². The van der Waals surface area contributed by atoms with Crippen LogP contribution in [-0.4, -0.2) is 30.0 Å². The average molecular weight is 248 g/mol. The number of hydrogen-bond acceptors (Lipinski definition) is 4. The molecule has 0 spiro atoms. The Balaban J connectivity index is 1.82. The molecular weight excluding hydrogens is 232 g/mol. The molecule has 96 valence electrons. The molecule has 0 aromatic carbocycles. The second kappa shape index (κ2) is 6.11. The highest BCUT2D eigenvalue weighted by molar-refractivity contribution is 6.01. The van der Waals surface area contributed by atoms with Gasteiger partial charge in [0.05, 0.1) is 11.9 Å². The molecule has 6 nitrogen and oxygen atoms in total. The number of hydrogen-bond donors (Lipinski definition) is 3. The number of aromatic nitrogens is 1. The number of carbonyl (C=O) groups is 2. The molecule has 3 amide bonds. The minimum absolute atomic E-state index is 0.0779. The summed E-state index contributed by atoms with van der Waals surface area (Å²) >= 11 is 0. The highest BCUT2D eigenvalue weighted by atomic mass is 16.2. The lowest BCUT2D eigenvalue weighted by molar-refractivity contribution is -0.124. The molecule has 0 bridgehead atoms. The van der Waals surface area contributed by atoms with Crippen LogP contribution in [0.4, 0.5) is 10.5 Å². The smallest absolute Gasteiger partial charge is 0.317 e. The van der Waals surface area contributed by atoms with Gasteiger partial charge in [-0.1, -0.05) is 0 Å². The Morgan fingerprint density at radius 1 is 1.33 bits per heavy atom. The van der Waals surface area contributed by atoms with Crippen molar-refractivity contribution in [2.45, 2.75) is 12.8 Å². The molecule has 1 aliphatic heterocycles. The lowest BCUT2D eigenvalue weighted by Crippen LogP contribution is -2.42. The topological polar surface area (TPSA) is 83.1 Å². The van der Waals surface area contributed by atoms with Crippen molar-refractivity contribution in [2.75, 3.05) is 18.4 Å². The maximum Gasteiger partial charge on any atom is 0.325 e. The van der Waals surface area contributed by atoms with Gasteiger partial charge in [0.15, 0.2) is 0 Å². The third-order valence-electron chi connectivity index (χ3n) is 2.87. The zero-order chi connectivity index (χ0) is 12.8. The quantitative estimate of drug-likeness (QED) is 0.720. The summed E-state index contributed by atoms with van der Waals surface area (Å²) in [6.45, 7) is 1.64. The maximum absolute atomic E-state index is 11.8. The molecule has 0 aliphatic carbocycles. The van der Waals surface area contributed by atoms with Crippen LogP contribution in [0.5, 0.6) is 0 Å². The first-order valence-corrected chi connectivity index (χ1v) is 5.98. The van der Waals surface area contributed by atoms with Crippen LogP contribution in [0.1, 0.15) is 12.8 Å². The van der Waals surface area contributed by atoms with Crippen LogP contribution in [0.2, 0.25) is 0 Å². The molecule has 2 heterocycles. The van der Waals surface area contributed by atoms with E-state index < -0.39 is 6.03 Å². The summed E-state index contributed by atoms with van der Waals surface area (Å²) in [7, 11) is 0. The van der Waals surface area contributed by atoms with E-state index in [4.69, 9.17) is 0 Å². The van der Waals surface area contributed by atoms with Gasteiger partial charge in [0, 0.05) is 12.1 Å².